The fraction of sp³-hybridized carbons (Fsp3) is 0.200. The Morgan fingerprint density at radius 3 is 2.88 bits per heavy atom. The minimum absolute atomic E-state index is 0.803. The molecule has 1 aliphatic rings. The molecule has 1 nitrogen and oxygen atoms in total. The van der Waals surface area contributed by atoms with Crippen LogP contribution >= 0.6 is 0 Å². The molecular weight excluding hydrogens is 196 g/mol. The van der Waals surface area contributed by atoms with E-state index in [1.807, 2.05) is 12.1 Å². The third-order valence-electron chi connectivity index (χ3n) is 2.94. The van der Waals surface area contributed by atoms with Crippen LogP contribution in [0.2, 0.25) is 0 Å². The Labute approximate surface area is 95.7 Å². The van der Waals surface area contributed by atoms with Crippen molar-refractivity contribution in [1.29, 1.82) is 0 Å². The molecule has 0 fully saturated rings. The van der Waals surface area contributed by atoms with Gasteiger partial charge in [0.1, 0.15) is 5.75 Å². The second-order valence-electron chi connectivity index (χ2n) is 4.07. The number of hydrogen-bond donors (Lipinski definition) is 0. The molecule has 2 aromatic rings. The van der Waals surface area contributed by atoms with E-state index in [2.05, 4.69) is 36.4 Å². The van der Waals surface area contributed by atoms with Gasteiger partial charge in [0.15, 0.2) is 0 Å². The van der Waals surface area contributed by atoms with Crippen LogP contribution in [0, 0.1) is 6.07 Å². The van der Waals surface area contributed by atoms with Crippen molar-refractivity contribution < 1.29 is 4.74 Å². The molecule has 1 aliphatic heterocycles. The van der Waals surface area contributed by atoms with E-state index < -0.39 is 0 Å². The molecule has 0 amide bonds. The number of ether oxygens (including phenoxy) is 1. The summed E-state index contributed by atoms with van der Waals surface area (Å²) in [4.78, 5) is 0. The topological polar surface area (TPSA) is 9.23 Å². The maximum absolute atomic E-state index is 5.67. The highest BCUT2D eigenvalue weighted by Gasteiger charge is 2.15. The first kappa shape index (κ1) is 9.46. The molecule has 1 heterocycles. The van der Waals surface area contributed by atoms with Gasteiger partial charge >= 0.3 is 0 Å². The Hall–Kier alpha value is -1.76. The number of hydrogen-bond acceptors (Lipinski definition) is 1. The van der Waals surface area contributed by atoms with E-state index in [1.54, 1.807) is 0 Å². The van der Waals surface area contributed by atoms with Crippen LogP contribution in [0.25, 0.3) is 0 Å². The zero-order valence-electron chi connectivity index (χ0n) is 9.07. The van der Waals surface area contributed by atoms with Crippen LogP contribution < -0.4 is 4.74 Å². The molecule has 1 radical (unpaired) electrons. The van der Waals surface area contributed by atoms with Gasteiger partial charge in [-0.3, -0.25) is 0 Å². The van der Waals surface area contributed by atoms with Crippen LogP contribution in [-0.2, 0) is 12.8 Å². The van der Waals surface area contributed by atoms with Crippen molar-refractivity contribution in [3.8, 4) is 5.75 Å². The van der Waals surface area contributed by atoms with Crippen LogP contribution in [-0.4, -0.2) is 6.61 Å². The molecule has 1 heteroatoms. The van der Waals surface area contributed by atoms with Crippen molar-refractivity contribution >= 4 is 0 Å². The number of fused-ring (bicyclic) bond motifs is 1. The predicted molar refractivity (Wildman–Crippen MR) is 63.7 cm³/mol. The fourth-order valence-electron chi connectivity index (χ4n) is 2.15. The average Bonchev–Trinajstić information content (AvgIpc) is 2.80. The molecule has 0 unspecified atom stereocenters. The van der Waals surface area contributed by atoms with Crippen LogP contribution in [0.1, 0.15) is 16.7 Å². The van der Waals surface area contributed by atoms with Gasteiger partial charge < -0.3 is 4.74 Å². The van der Waals surface area contributed by atoms with E-state index in [0.717, 1.165) is 25.2 Å². The molecule has 0 saturated heterocycles. The fourth-order valence-corrected chi connectivity index (χ4v) is 2.15. The van der Waals surface area contributed by atoms with E-state index in [0.29, 0.717) is 0 Å². The van der Waals surface area contributed by atoms with Crippen molar-refractivity contribution in [2.45, 2.75) is 12.8 Å². The lowest BCUT2D eigenvalue weighted by Gasteiger charge is -2.07. The Balaban J connectivity index is 1.94. The third-order valence-corrected chi connectivity index (χ3v) is 2.94. The summed E-state index contributed by atoms with van der Waals surface area (Å²) in [6.07, 6.45) is 1.94. The van der Waals surface area contributed by atoms with Gasteiger partial charge in [-0.15, -0.1) is 0 Å². The SMILES string of the molecule is [c]1ccc(Cc2ccccc2)c2c1CCO2. The lowest BCUT2D eigenvalue weighted by atomic mass is 10.0. The molecule has 0 atom stereocenters. The van der Waals surface area contributed by atoms with Crippen molar-refractivity contribution in [3.63, 3.8) is 0 Å². The maximum Gasteiger partial charge on any atom is 0.126 e. The van der Waals surface area contributed by atoms with Gasteiger partial charge in [-0.2, -0.15) is 0 Å². The van der Waals surface area contributed by atoms with Crippen LogP contribution in [0.5, 0.6) is 5.75 Å². The summed E-state index contributed by atoms with van der Waals surface area (Å²) in [5.41, 5.74) is 3.83. The quantitative estimate of drug-likeness (QED) is 0.738. The smallest absolute Gasteiger partial charge is 0.126 e. The second-order valence-corrected chi connectivity index (χ2v) is 4.07. The summed E-state index contributed by atoms with van der Waals surface area (Å²) in [6, 6.07) is 17.9. The Kier molecular flexibility index (Phi) is 2.37. The van der Waals surface area contributed by atoms with Crippen LogP contribution in [0.4, 0.5) is 0 Å². The lowest BCUT2D eigenvalue weighted by Crippen LogP contribution is -1.93. The molecule has 0 spiro atoms. The van der Waals surface area contributed by atoms with E-state index in [-0.39, 0.29) is 0 Å². The van der Waals surface area contributed by atoms with Crippen molar-refractivity contribution in [1.82, 2.24) is 0 Å². The summed E-state index contributed by atoms with van der Waals surface area (Å²) in [6.45, 7) is 0.803. The predicted octanol–water partition coefficient (Wildman–Crippen LogP) is 3.01. The minimum atomic E-state index is 0.803. The Morgan fingerprint density at radius 2 is 2.00 bits per heavy atom. The van der Waals surface area contributed by atoms with Crippen molar-refractivity contribution in [2.75, 3.05) is 6.61 Å². The van der Waals surface area contributed by atoms with Gasteiger partial charge in [0.05, 0.1) is 6.61 Å². The summed E-state index contributed by atoms with van der Waals surface area (Å²) >= 11 is 0. The Morgan fingerprint density at radius 1 is 1.12 bits per heavy atom. The first-order valence-electron chi connectivity index (χ1n) is 5.62. The molecule has 79 valence electrons. The van der Waals surface area contributed by atoms with Crippen molar-refractivity contribution in [2.24, 2.45) is 0 Å². The normalized spacial score (nSPS) is 13.2. The number of benzene rings is 2. The maximum atomic E-state index is 5.67. The molecule has 3 rings (SSSR count). The summed E-state index contributed by atoms with van der Waals surface area (Å²) in [7, 11) is 0. The molecule has 0 saturated carbocycles. The van der Waals surface area contributed by atoms with Gasteiger partial charge in [0, 0.05) is 18.4 Å². The van der Waals surface area contributed by atoms with Gasteiger partial charge in [-0.25, -0.2) is 0 Å². The van der Waals surface area contributed by atoms with Crippen LogP contribution in [0.3, 0.4) is 0 Å². The Bertz CT molecular complexity index is 488. The molecular formula is C15H13O. The van der Waals surface area contributed by atoms with E-state index >= 15 is 0 Å². The molecule has 0 N–H and O–H groups in total. The number of rotatable bonds is 2. The van der Waals surface area contributed by atoms with Crippen molar-refractivity contribution in [3.05, 3.63) is 65.2 Å². The van der Waals surface area contributed by atoms with Gasteiger partial charge in [0.25, 0.3) is 0 Å². The second kappa shape index (κ2) is 4.01. The highest BCUT2D eigenvalue weighted by Crippen LogP contribution is 2.30. The van der Waals surface area contributed by atoms with Crippen LogP contribution in [0.15, 0.2) is 42.5 Å². The van der Waals surface area contributed by atoms with Gasteiger partial charge in [-0.1, -0.05) is 42.5 Å². The first-order chi connectivity index (χ1) is 7.93. The van der Waals surface area contributed by atoms with Gasteiger partial charge in [0.2, 0.25) is 0 Å². The molecule has 0 aliphatic carbocycles. The zero-order chi connectivity index (χ0) is 10.8. The molecule has 2 aromatic carbocycles. The summed E-state index contributed by atoms with van der Waals surface area (Å²) < 4.78 is 5.67. The third kappa shape index (κ3) is 1.69. The zero-order valence-corrected chi connectivity index (χ0v) is 9.07. The largest absolute Gasteiger partial charge is 0.493 e. The molecule has 16 heavy (non-hydrogen) atoms. The van der Waals surface area contributed by atoms with E-state index in [1.165, 1.54) is 16.7 Å². The molecule has 0 aromatic heterocycles. The monoisotopic (exact) mass is 209 g/mol. The standard InChI is InChI=1S/C15H13O/c1-2-5-12(6-3-1)11-14-8-4-7-13-9-10-16-15(13)14/h1-6,8H,9-11H2. The minimum Gasteiger partial charge on any atom is -0.493 e. The highest BCUT2D eigenvalue weighted by molar-refractivity contribution is 5.45. The summed E-state index contributed by atoms with van der Waals surface area (Å²) in [5, 5.41) is 0. The van der Waals surface area contributed by atoms with E-state index in [4.69, 9.17) is 4.74 Å². The molecule has 0 bridgehead atoms. The van der Waals surface area contributed by atoms with Gasteiger partial charge in [-0.05, 0) is 17.2 Å². The average molecular weight is 209 g/mol. The van der Waals surface area contributed by atoms with E-state index in [9.17, 15) is 0 Å². The first-order valence-corrected chi connectivity index (χ1v) is 5.62. The summed E-state index contributed by atoms with van der Waals surface area (Å²) in [5.74, 6) is 1.06. The highest BCUT2D eigenvalue weighted by atomic mass is 16.5. The lowest BCUT2D eigenvalue weighted by molar-refractivity contribution is 0.354.